The van der Waals surface area contributed by atoms with Gasteiger partial charge in [-0.15, -0.1) is 0 Å². The molecule has 0 aromatic heterocycles. The van der Waals surface area contributed by atoms with E-state index >= 15 is 0 Å². The number of ether oxygens (including phenoxy) is 1. The topological polar surface area (TPSA) is 90.4 Å². The number of hydrogen-bond donors (Lipinski definition) is 1. The van der Waals surface area contributed by atoms with Gasteiger partial charge in [-0.2, -0.15) is 0 Å². The lowest BCUT2D eigenvalue weighted by Crippen LogP contribution is -2.47. The lowest BCUT2D eigenvalue weighted by Gasteiger charge is -2.38. The predicted molar refractivity (Wildman–Crippen MR) is 111 cm³/mol. The molecule has 0 aliphatic carbocycles. The van der Waals surface area contributed by atoms with Gasteiger partial charge in [-0.05, 0) is 30.3 Å². The Morgan fingerprint density at radius 2 is 1.59 bits per heavy atom. The Hall–Kier alpha value is -2.78. The molecular weight excluding hydrogens is 394 g/mol. The summed E-state index contributed by atoms with van der Waals surface area (Å²) in [5, 5.41) is 10.1. The first kappa shape index (κ1) is 20.9. The van der Waals surface area contributed by atoms with Crippen LogP contribution in [0.3, 0.4) is 0 Å². The molecule has 1 fully saturated rings. The van der Waals surface area contributed by atoms with Crippen molar-refractivity contribution in [3.05, 3.63) is 48.0 Å². The van der Waals surface area contributed by atoms with Crippen molar-refractivity contribution >= 4 is 27.4 Å². The first-order valence-electron chi connectivity index (χ1n) is 9.18. The molecule has 9 heteroatoms. The number of phenols is 1. The zero-order valence-corrected chi connectivity index (χ0v) is 17.5. The molecule has 0 radical (unpaired) electrons. The summed E-state index contributed by atoms with van der Waals surface area (Å²) in [4.78, 5) is 16.5. The van der Waals surface area contributed by atoms with E-state index in [0.29, 0.717) is 31.9 Å². The fourth-order valence-electron chi connectivity index (χ4n) is 3.36. The Balaban J connectivity index is 1.87. The van der Waals surface area contributed by atoms with Crippen LogP contribution in [0.2, 0.25) is 0 Å². The summed E-state index contributed by atoms with van der Waals surface area (Å²) >= 11 is 0. The van der Waals surface area contributed by atoms with Crippen molar-refractivity contribution in [3.8, 4) is 5.75 Å². The third kappa shape index (κ3) is 4.15. The van der Waals surface area contributed by atoms with Gasteiger partial charge in [0.15, 0.2) is 0 Å². The minimum absolute atomic E-state index is 0.0412. The van der Waals surface area contributed by atoms with E-state index in [2.05, 4.69) is 4.90 Å². The second-order valence-corrected chi connectivity index (χ2v) is 9.07. The van der Waals surface area contributed by atoms with Gasteiger partial charge < -0.3 is 19.6 Å². The maximum absolute atomic E-state index is 12.4. The van der Waals surface area contributed by atoms with Crippen molar-refractivity contribution in [2.75, 3.05) is 57.2 Å². The number of nitrogens with zero attached hydrogens (tertiary/aromatic N) is 3. The van der Waals surface area contributed by atoms with Crippen LogP contribution in [-0.4, -0.2) is 71.2 Å². The average molecular weight is 420 g/mol. The third-order valence-electron chi connectivity index (χ3n) is 4.99. The smallest absolute Gasteiger partial charge is 0.340 e. The summed E-state index contributed by atoms with van der Waals surface area (Å²) in [7, 11) is 0.493. The quantitative estimate of drug-likeness (QED) is 0.739. The highest BCUT2D eigenvalue weighted by Gasteiger charge is 2.26. The van der Waals surface area contributed by atoms with Crippen LogP contribution in [0, 0.1) is 0 Å². The van der Waals surface area contributed by atoms with Crippen LogP contribution in [0.1, 0.15) is 10.4 Å². The highest BCUT2D eigenvalue weighted by Crippen LogP contribution is 2.30. The third-order valence-corrected chi connectivity index (χ3v) is 6.81. The highest BCUT2D eigenvalue weighted by molar-refractivity contribution is 7.89. The number of hydrogen-bond acceptors (Lipinski definition) is 7. The van der Waals surface area contributed by atoms with Crippen LogP contribution < -0.4 is 9.80 Å². The van der Waals surface area contributed by atoms with E-state index in [0.717, 1.165) is 9.99 Å². The van der Waals surface area contributed by atoms with E-state index in [1.54, 1.807) is 18.2 Å². The fraction of sp³-hybridized carbons (Fsp3) is 0.350. The molecule has 0 unspecified atom stereocenters. The second-order valence-electron chi connectivity index (χ2n) is 6.92. The largest absolute Gasteiger partial charge is 0.506 e. The van der Waals surface area contributed by atoms with Crippen molar-refractivity contribution in [2.24, 2.45) is 0 Å². The van der Waals surface area contributed by atoms with Crippen LogP contribution in [0.5, 0.6) is 5.75 Å². The van der Waals surface area contributed by atoms with E-state index in [1.807, 2.05) is 17.0 Å². The number of esters is 1. The molecule has 29 heavy (non-hydrogen) atoms. The molecule has 1 aliphatic heterocycles. The first-order valence-corrected chi connectivity index (χ1v) is 10.6. The molecule has 2 aromatic carbocycles. The Morgan fingerprint density at radius 3 is 2.14 bits per heavy atom. The number of aromatic hydroxyl groups is 1. The number of para-hydroxylation sites is 2. The van der Waals surface area contributed by atoms with Crippen molar-refractivity contribution in [3.63, 3.8) is 0 Å². The normalized spacial score (nSPS) is 14.9. The van der Waals surface area contributed by atoms with Crippen LogP contribution in [0.25, 0.3) is 0 Å². The van der Waals surface area contributed by atoms with Crippen molar-refractivity contribution in [1.82, 2.24) is 4.31 Å². The Bertz CT molecular complexity index is 999. The second kappa shape index (κ2) is 8.30. The number of methoxy groups -OCH3 is 1. The molecule has 156 valence electrons. The number of carbonyl (C=O) groups excluding carboxylic acids is 1. The molecule has 1 aliphatic rings. The maximum atomic E-state index is 12.4. The molecule has 1 saturated heterocycles. The SMILES string of the molecule is COC(=O)c1cc(S(=O)(=O)N(C)C)ccc1N1CCN(c2ccccc2O)CC1. The molecule has 0 saturated carbocycles. The van der Waals surface area contributed by atoms with Crippen LogP contribution >= 0.6 is 0 Å². The predicted octanol–water partition coefficient (Wildman–Crippen LogP) is 1.76. The number of phenolic OH excluding ortho intramolecular Hbond substituents is 1. The minimum Gasteiger partial charge on any atom is -0.506 e. The molecule has 3 rings (SSSR count). The summed E-state index contributed by atoms with van der Waals surface area (Å²) in [5.74, 6) is -0.353. The Morgan fingerprint density at radius 1 is 1.00 bits per heavy atom. The number of anilines is 2. The summed E-state index contributed by atoms with van der Waals surface area (Å²) in [6.45, 7) is 2.52. The van der Waals surface area contributed by atoms with Gasteiger partial charge in [-0.25, -0.2) is 17.5 Å². The molecule has 0 spiro atoms. The zero-order valence-electron chi connectivity index (χ0n) is 16.7. The number of piperazine rings is 1. The summed E-state index contributed by atoms with van der Waals surface area (Å²) < 4.78 is 30.9. The van der Waals surface area contributed by atoms with Crippen LogP contribution in [-0.2, 0) is 14.8 Å². The maximum Gasteiger partial charge on any atom is 0.340 e. The molecule has 0 bridgehead atoms. The zero-order chi connectivity index (χ0) is 21.2. The van der Waals surface area contributed by atoms with Crippen LogP contribution in [0.4, 0.5) is 11.4 Å². The number of benzene rings is 2. The van der Waals surface area contributed by atoms with Crippen molar-refractivity contribution in [2.45, 2.75) is 4.90 Å². The van der Waals surface area contributed by atoms with E-state index in [9.17, 15) is 18.3 Å². The summed E-state index contributed by atoms with van der Waals surface area (Å²) in [6, 6.07) is 11.7. The number of carbonyl (C=O) groups is 1. The lowest BCUT2D eigenvalue weighted by molar-refractivity contribution is 0.0601. The number of sulfonamides is 1. The molecular formula is C20H25N3O5S. The summed E-state index contributed by atoms with van der Waals surface area (Å²) in [5.41, 5.74) is 1.62. The standard InChI is InChI=1S/C20H25N3O5S/c1-21(2)29(26,27)15-8-9-17(16(14-15)20(25)28-3)22-10-12-23(13-11-22)18-6-4-5-7-19(18)24/h4-9,14,24H,10-13H2,1-3H3. The lowest BCUT2D eigenvalue weighted by atomic mass is 10.1. The molecule has 1 heterocycles. The molecule has 0 atom stereocenters. The van der Waals surface area contributed by atoms with Gasteiger partial charge in [0, 0.05) is 40.3 Å². The van der Waals surface area contributed by atoms with E-state index in [1.165, 1.54) is 33.3 Å². The van der Waals surface area contributed by atoms with Gasteiger partial charge in [0.25, 0.3) is 0 Å². The minimum atomic E-state index is -3.67. The van der Waals surface area contributed by atoms with E-state index in [4.69, 9.17) is 4.74 Å². The van der Waals surface area contributed by atoms with E-state index < -0.39 is 16.0 Å². The van der Waals surface area contributed by atoms with E-state index in [-0.39, 0.29) is 16.2 Å². The van der Waals surface area contributed by atoms with Gasteiger partial charge in [0.1, 0.15) is 5.75 Å². The van der Waals surface area contributed by atoms with Crippen molar-refractivity contribution in [1.29, 1.82) is 0 Å². The van der Waals surface area contributed by atoms with Crippen molar-refractivity contribution < 1.29 is 23.1 Å². The van der Waals surface area contributed by atoms with Gasteiger partial charge in [-0.3, -0.25) is 0 Å². The van der Waals surface area contributed by atoms with Gasteiger partial charge >= 0.3 is 5.97 Å². The Labute approximate surface area is 171 Å². The summed E-state index contributed by atoms with van der Waals surface area (Å²) in [6.07, 6.45) is 0. The van der Waals surface area contributed by atoms with Gasteiger partial charge in [0.2, 0.25) is 10.0 Å². The molecule has 0 amide bonds. The van der Waals surface area contributed by atoms with Gasteiger partial charge in [0.05, 0.1) is 28.9 Å². The molecule has 1 N–H and O–H groups in total. The molecule has 2 aromatic rings. The van der Waals surface area contributed by atoms with Crippen LogP contribution in [0.15, 0.2) is 47.4 Å². The van der Waals surface area contributed by atoms with Gasteiger partial charge in [-0.1, -0.05) is 12.1 Å². The fourth-order valence-corrected chi connectivity index (χ4v) is 4.28. The average Bonchev–Trinajstić information content (AvgIpc) is 2.73. The molecule has 8 nitrogen and oxygen atoms in total. The number of rotatable bonds is 5. The first-order chi connectivity index (χ1) is 13.8. The highest BCUT2D eigenvalue weighted by atomic mass is 32.2. The monoisotopic (exact) mass is 419 g/mol. The Kier molecular flexibility index (Phi) is 5.99.